The van der Waals surface area contributed by atoms with Crippen molar-refractivity contribution >= 4 is 5.82 Å². The molecule has 1 aromatic heterocycles. The van der Waals surface area contributed by atoms with E-state index in [9.17, 15) is 4.79 Å². The quantitative estimate of drug-likeness (QED) is 0.752. The van der Waals surface area contributed by atoms with Crippen LogP contribution in [-0.4, -0.2) is 49.1 Å². The predicted octanol–water partition coefficient (Wildman–Crippen LogP) is 0.158. The largest absolute Gasteiger partial charge is 0.359 e. The molecule has 0 aromatic carbocycles. The van der Waals surface area contributed by atoms with Gasteiger partial charge in [0.25, 0.3) is 5.56 Å². The van der Waals surface area contributed by atoms with E-state index in [4.69, 9.17) is 0 Å². The van der Waals surface area contributed by atoms with Crippen LogP contribution in [0.5, 0.6) is 0 Å². The minimum absolute atomic E-state index is 0.112. The monoisotopic (exact) mass is 210 g/mol. The Hall–Kier alpha value is -1.36. The average Bonchev–Trinajstić information content (AvgIpc) is 2.17. The molecule has 15 heavy (non-hydrogen) atoms. The van der Waals surface area contributed by atoms with Crippen molar-refractivity contribution in [3.05, 3.63) is 22.7 Å². The smallest absolute Gasteiger partial charge is 0.252 e. The molecule has 1 heterocycles. The summed E-state index contributed by atoms with van der Waals surface area (Å²) in [6.45, 7) is 1.93. The average molecular weight is 210 g/mol. The molecule has 1 aromatic rings. The van der Waals surface area contributed by atoms with Gasteiger partial charge in [-0.1, -0.05) is 0 Å². The first kappa shape index (κ1) is 11.7. The lowest BCUT2D eigenvalue weighted by Gasteiger charge is -2.18. The first-order valence-corrected chi connectivity index (χ1v) is 5.00. The van der Waals surface area contributed by atoms with E-state index < -0.39 is 0 Å². The predicted molar refractivity (Wildman–Crippen MR) is 61.3 cm³/mol. The SMILES string of the molecule is CN(C)CCCN(C)c1cc(=O)[nH]cn1. The molecule has 5 heteroatoms. The second-order valence-corrected chi connectivity index (χ2v) is 3.85. The van der Waals surface area contributed by atoms with Gasteiger partial charge in [-0.2, -0.15) is 0 Å². The van der Waals surface area contributed by atoms with E-state index in [0.29, 0.717) is 0 Å². The topological polar surface area (TPSA) is 52.2 Å². The molecule has 0 amide bonds. The van der Waals surface area contributed by atoms with Gasteiger partial charge >= 0.3 is 0 Å². The van der Waals surface area contributed by atoms with Gasteiger partial charge in [0.1, 0.15) is 5.82 Å². The first-order valence-electron chi connectivity index (χ1n) is 5.00. The molecule has 0 saturated heterocycles. The minimum Gasteiger partial charge on any atom is -0.359 e. The molecule has 0 fully saturated rings. The Morgan fingerprint density at radius 1 is 1.33 bits per heavy atom. The van der Waals surface area contributed by atoms with Crippen LogP contribution in [0.4, 0.5) is 5.82 Å². The van der Waals surface area contributed by atoms with Crippen LogP contribution in [0, 0.1) is 0 Å². The third kappa shape index (κ3) is 4.12. The lowest BCUT2D eigenvalue weighted by Crippen LogP contribution is -2.25. The van der Waals surface area contributed by atoms with Crippen molar-refractivity contribution in [1.29, 1.82) is 0 Å². The summed E-state index contributed by atoms with van der Waals surface area (Å²) in [6.07, 6.45) is 2.48. The summed E-state index contributed by atoms with van der Waals surface area (Å²) in [5.74, 6) is 0.720. The maximum atomic E-state index is 11.0. The molecule has 0 aliphatic rings. The zero-order valence-electron chi connectivity index (χ0n) is 9.53. The van der Waals surface area contributed by atoms with Crippen LogP contribution in [0.1, 0.15) is 6.42 Å². The number of hydrogen-bond donors (Lipinski definition) is 1. The zero-order valence-corrected chi connectivity index (χ0v) is 9.53. The van der Waals surface area contributed by atoms with Crippen LogP contribution in [0.2, 0.25) is 0 Å². The van der Waals surface area contributed by atoms with E-state index in [1.807, 2.05) is 26.0 Å². The number of rotatable bonds is 5. The Kier molecular flexibility index (Phi) is 4.30. The minimum atomic E-state index is -0.112. The highest BCUT2D eigenvalue weighted by Gasteiger charge is 2.02. The second kappa shape index (κ2) is 5.50. The van der Waals surface area contributed by atoms with Crippen LogP contribution in [0.3, 0.4) is 0 Å². The number of nitrogens with zero attached hydrogens (tertiary/aromatic N) is 3. The lowest BCUT2D eigenvalue weighted by atomic mass is 10.3. The molecule has 84 valence electrons. The summed E-state index contributed by atoms with van der Waals surface area (Å²) in [6, 6.07) is 1.51. The Balaban J connectivity index is 2.46. The summed E-state index contributed by atoms with van der Waals surface area (Å²) in [5, 5.41) is 0. The summed E-state index contributed by atoms with van der Waals surface area (Å²) in [4.78, 5) is 21.8. The fourth-order valence-corrected chi connectivity index (χ4v) is 1.31. The fourth-order valence-electron chi connectivity index (χ4n) is 1.31. The number of aromatic nitrogens is 2. The van der Waals surface area contributed by atoms with E-state index in [2.05, 4.69) is 14.9 Å². The first-order chi connectivity index (χ1) is 7.09. The van der Waals surface area contributed by atoms with Crippen molar-refractivity contribution in [2.24, 2.45) is 0 Å². The third-order valence-electron chi connectivity index (χ3n) is 2.15. The molecule has 0 aliphatic carbocycles. The normalized spacial score (nSPS) is 10.7. The van der Waals surface area contributed by atoms with Crippen LogP contribution in [0.25, 0.3) is 0 Å². The molecule has 0 bridgehead atoms. The molecule has 0 spiro atoms. The van der Waals surface area contributed by atoms with Gasteiger partial charge in [0, 0.05) is 19.7 Å². The van der Waals surface area contributed by atoms with Crippen molar-refractivity contribution < 1.29 is 0 Å². The van der Waals surface area contributed by atoms with Crippen molar-refractivity contribution in [3.63, 3.8) is 0 Å². The van der Waals surface area contributed by atoms with Gasteiger partial charge in [0.15, 0.2) is 0 Å². The van der Waals surface area contributed by atoms with E-state index in [-0.39, 0.29) is 5.56 Å². The lowest BCUT2D eigenvalue weighted by molar-refractivity contribution is 0.401. The third-order valence-corrected chi connectivity index (χ3v) is 2.15. The molecular formula is C10H18N4O. The molecular weight excluding hydrogens is 192 g/mol. The Bertz CT molecular complexity index is 347. The van der Waals surface area contributed by atoms with Crippen LogP contribution in [0.15, 0.2) is 17.2 Å². The Labute approximate surface area is 89.7 Å². The second-order valence-electron chi connectivity index (χ2n) is 3.85. The Morgan fingerprint density at radius 3 is 2.67 bits per heavy atom. The number of H-pyrrole nitrogens is 1. The van der Waals surface area contributed by atoms with E-state index in [0.717, 1.165) is 25.3 Å². The van der Waals surface area contributed by atoms with Crippen molar-refractivity contribution in [2.45, 2.75) is 6.42 Å². The molecule has 0 radical (unpaired) electrons. The number of aromatic amines is 1. The molecule has 1 N–H and O–H groups in total. The van der Waals surface area contributed by atoms with Gasteiger partial charge < -0.3 is 14.8 Å². The molecule has 0 saturated carbocycles. The summed E-state index contributed by atoms with van der Waals surface area (Å²) in [5.41, 5.74) is -0.112. The highest BCUT2D eigenvalue weighted by molar-refractivity contribution is 5.34. The Morgan fingerprint density at radius 2 is 2.07 bits per heavy atom. The van der Waals surface area contributed by atoms with Gasteiger partial charge in [-0.15, -0.1) is 0 Å². The summed E-state index contributed by atoms with van der Waals surface area (Å²) < 4.78 is 0. The van der Waals surface area contributed by atoms with Crippen molar-refractivity contribution in [2.75, 3.05) is 39.1 Å². The van der Waals surface area contributed by atoms with Gasteiger partial charge in [0.05, 0.1) is 6.33 Å². The number of hydrogen-bond acceptors (Lipinski definition) is 4. The maximum Gasteiger partial charge on any atom is 0.252 e. The summed E-state index contributed by atoms with van der Waals surface area (Å²) >= 11 is 0. The van der Waals surface area contributed by atoms with Crippen LogP contribution >= 0.6 is 0 Å². The number of anilines is 1. The van der Waals surface area contributed by atoms with Gasteiger partial charge in [-0.3, -0.25) is 4.79 Å². The number of nitrogens with one attached hydrogen (secondary N) is 1. The van der Waals surface area contributed by atoms with Crippen molar-refractivity contribution in [3.8, 4) is 0 Å². The van der Waals surface area contributed by atoms with E-state index >= 15 is 0 Å². The van der Waals surface area contributed by atoms with Gasteiger partial charge in [0.2, 0.25) is 0 Å². The summed E-state index contributed by atoms with van der Waals surface area (Å²) in [7, 11) is 6.04. The molecule has 1 rings (SSSR count). The highest BCUT2D eigenvalue weighted by Crippen LogP contribution is 2.03. The molecule has 5 nitrogen and oxygen atoms in total. The van der Waals surface area contributed by atoms with E-state index in [1.54, 1.807) is 0 Å². The van der Waals surface area contributed by atoms with Gasteiger partial charge in [-0.05, 0) is 27.1 Å². The standard InChI is InChI=1S/C10H18N4O/c1-13(2)5-4-6-14(3)9-7-10(15)12-8-11-9/h7-8H,4-6H2,1-3H3,(H,11,12,15). The van der Waals surface area contributed by atoms with Crippen molar-refractivity contribution in [1.82, 2.24) is 14.9 Å². The molecule has 0 atom stereocenters. The zero-order chi connectivity index (χ0) is 11.3. The van der Waals surface area contributed by atoms with E-state index in [1.165, 1.54) is 12.4 Å². The fraction of sp³-hybridized carbons (Fsp3) is 0.600. The van der Waals surface area contributed by atoms with Crippen LogP contribution in [-0.2, 0) is 0 Å². The molecule has 0 unspecified atom stereocenters. The molecule has 0 aliphatic heterocycles. The highest BCUT2D eigenvalue weighted by atomic mass is 16.1. The maximum absolute atomic E-state index is 11.0. The van der Waals surface area contributed by atoms with Gasteiger partial charge in [-0.25, -0.2) is 4.98 Å². The van der Waals surface area contributed by atoms with Crippen LogP contribution < -0.4 is 10.5 Å².